The Labute approximate surface area is 340 Å². The standard InChI is InChI=1S/C54H36N2OS/c1-5-15-37(16-6-1)39-25-27-43(28-26-39)55(41-19-9-3-10-20-41)44-29-31-46-47-32-30-45(36-52(47)57-51(46)35-44)56(42-21-11-4-12-22-42)50-34-40(38-17-7-2-8-18-38)33-49-48-23-13-14-24-53(48)58-54(49)50/h1-36H. The molecule has 2 aromatic heterocycles. The summed E-state index contributed by atoms with van der Waals surface area (Å²) in [6.07, 6.45) is 0. The highest BCUT2D eigenvalue weighted by Gasteiger charge is 2.22. The molecule has 0 atom stereocenters. The Hall–Kier alpha value is -7.40. The maximum Gasteiger partial charge on any atom is 0.137 e. The maximum absolute atomic E-state index is 6.83. The Balaban J connectivity index is 1.05. The summed E-state index contributed by atoms with van der Waals surface area (Å²) >= 11 is 1.85. The van der Waals surface area contributed by atoms with Gasteiger partial charge in [-0.3, -0.25) is 0 Å². The van der Waals surface area contributed by atoms with E-state index in [0.29, 0.717) is 0 Å². The number of benzene rings is 9. The van der Waals surface area contributed by atoms with E-state index in [1.54, 1.807) is 0 Å². The van der Waals surface area contributed by atoms with E-state index in [0.717, 1.165) is 56.1 Å². The van der Waals surface area contributed by atoms with E-state index in [4.69, 9.17) is 4.42 Å². The molecule has 0 amide bonds. The molecule has 0 N–H and O–H groups in total. The summed E-state index contributed by atoms with van der Waals surface area (Å²) < 4.78 is 9.35. The second kappa shape index (κ2) is 14.3. The van der Waals surface area contributed by atoms with Crippen molar-refractivity contribution in [1.29, 1.82) is 0 Å². The van der Waals surface area contributed by atoms with Crippen LogP contribution in [0.1, 0.15) is 0 Å². The van der Waals surface area contributed by atoms with Crippen LogP contribution in [0.3, 0.4) is 0 Å². The molecule has 58 heavy (non-hydrogen) atoms. The van der Waals surface area contributed by atoms with Gasteiger partial charge in [0, 0.05) is 66.8 Å². The van der Waals surface area contributed by atoms with E-state index in [2.05, 4.69) is 228 Å². The van der Waals surface area contributed by atoms with Crippen LogP contribution in [-0.4, -0.2) is 0 Å². The fraction of sp³-hybridized carbons (Fsp3) is 0. The van der Waals surface area contributed by atoms with Gasteiger partial charge in [-0.25, -0.2) is 0 Å². The van der Waals surface area contributed by atoms with E-state index in [-0.39, 0.29) is 0 Å². The lowest BCUT2D eigenvalue weighted by molar-refractivity contribution is 0.669. The molecule has 11 rings (SSSR count). The predicted molar refractivity (Wildman–Crippen MR) is 247 cm³/mol. The third-order valence-corrected chi connectivity index (χ3v) is 12.2. The molecule has 0 saturated heterocycles. The highest BCUT2D eigenvalue weighted by Crippen LogP contribution is 2.48. The lowest BCUT2D eigenvalue weighted by Gasteiger charge is -2.26. The number of hydrogen-bond donors (Lipinski definition) is 0. The Morgan fingerprint density at radius 1 is 0.310 bits per heavy atom. The fourth-order valence-corrected chi connectivity index (χ4v) is 9.46. The predicted octanol–water partition coefficient (Wildman–Crippen LogP) is 16.2. The van der Waals surface area contributed by atoms with Gasteiger partial charge in [0.15, 0.2) is 0 Å². The first-order valence-corrected chi connectivity index (χ1v) is 20.4. The molecule has 0 spiro atoms. The second-order valence-electron chi connectivity index (χ2n) is 14.6. The topological polar surface area (TPSA) is 19.6 Å². The van der Waals surface area contributed by atoms with Crippen molar-refractivity contribution in [2.24, 2.45) is 0 Å². The molecule has 2 heterocycles. The molecule has 11 aromatic rings. The first kappa shape index (κ1) is 33.9. The monoisotopic (exact) mass is 760 g/mol. The van der Waals surface area contributed by atoms with E-state index in [1.807, 2.05) is 11.3 Å². The highest BCUT2D eigenvalue weighted by atomic mass is 32.1. The SMILES string of the molecule is c1ccc(-c2ccc(N(c3ccccc3)c3ccc4c(c3)oc3cc(N(c5ccccc5)c5cc(-c6ccccc6)cc6c5sc5ccccc56)ccc34)cc2)cc1. The molecule has 9 aromatic carbocycles. The normalized spacial score (nSPS) is 11.4. The molecular weight excluding hydrogens is 725 g/mol. The molecule has 4 heteroatoms. The molecule has 274 valence electrons. The van der Waals surface area contributed by atoms with Gasteiger partial charge in [0.1, 0.15) is 11.2 Å². The number of para-hydroxylation sites is 2. The number of hydrogen-bond acceptors (Lipinski definition) is 4. The summed E-state index contributed by atoms with van der Waals surface area (Å²) in [5.74, 6) is 0. The third kappa shape index (κ3) is 5.99. The number of rotatable bonds is 8. The fourth-order valence-electron chi connectivity index (χ4n) is 8.27. The van der Waals surface area contributed by atoms with Crippen LogP contribution in [0.25, 0.3) is 64.4 Å². The molecule has 0 unspecified atom stereocenters. The van der Waals surface area contributed by atoms with E-state index >= 15 is 0 Å². The molecule has 0 radical (unpaired) electrons. The van der Waals surface area contributed by atoms with Crippen molar-refractivity contribution in [3.8, 4) is 22.3 Å². The smallest absolute Gasteiger partial charge is 0.137 e. The van der Waals surface area contributed by atoms with Gasteiger partial charge in [-0.15, -0.1) is 11.3 Å². The largest absolute Gasteiger partial charge is 0.456 e. The van der Waals surface area contributed by atoms with Gasteiger partial charge in [0.05, 0.1) is 10.4 Å². The number of nitrogens with zero attached hydrogens (tertiary/aromatic N) is 2. The zero-order valence-corrected chi connectivity index (χ0v) is 32.3. The van der Waals surface area contributed by atoms with Crippen molar-refractivity contribution in [2.75, 3.05) is 9.80 Å². The first-order chi connectivity index (χ1) is 28.7. The van der Waals surface area contributed by atoms with Gasteiger partial charge in [-0.1, -0.05) is 127 Å². The van der Waals surface area contributed by atoms with Crippen molar-refractivity contribution in [3.05, 3.63) is 218 Å². The molecule has 0 aliphatic rings. The highest BCUT2D eigenvalue weighted by molar-refractivity contribution is 7.26. The Morgan fingerprint density at radius 2 is 0.776 bits per heavy atom. The third-order valence-electron chi connectivity index (χ3n) is 11.0. The molecule has 0 saturated carbocycles. The van der Waals surface area contributed by atoms with Crippen LogP contribution in [0.2, 0.25) is 0 Å². The van der Waals surface area contributed by atoms with E-state index in [9.17, 15) is 0 Å². The van der Waals surface area contributed by atoms with Crippen LogP contribution in [-0.2, 0) is 0 Å². The first-order valence-electron chi connectivity index (χ1n) is 19.6. The van der Waals surface area contributed by atoms with Crippen molar-refractivity contribution in [2.45, 2.75) is 0 Å². The van der Waals surface area contributed by atoms with E-state index < -0.39 is 0 Å². The number of fused-ring (bicyclic) bond motifs is 6. The average molecular weight is 761 g/mol. The summed E-state index contributed by atoms with van der Waals surface area (Å²) in [4.78, 5) is 4.68. The quantitative estimate of drug-likeness (QED) is 0.154. The minimum Gasteiger partial charge on any atom is -0.456 e. The molecule has 0 aliphatic carbocycles. The van der Waals surface area contributed by atoms with Crippen molar-refractivity contribution < 1.29 is 4.42 Å². The number of anilines is 6. The molecule has 0 aliphatic heterocycles. The lowest BCUT2D eigenvalue weighted by atomic mass is 10.0. The molecule has 3 nitrogen and oxygen atoms in total. The lowest BCUT2D eigenvalue weighted by Crippen LogP contribution is -2.10. The molecule has 0 fully saturated rings. The number of thiophene rings is 1. The van der Waals surface area contributed by atoms with Gasteiger partial charge >= 0.3 is 0 Å². The minimum atomic E-state index is 0.843. The van der Waals surface area contributed by atoms with Crippen molar-refractivity contribution in [1.82, 2.24) is 0 Å². The van der Waals surface area contributed by atoms with Crippen molar-refractivity contribution >= 4 is 87.6 Å². The van der Waals surface area contributed by atoms with Crippen LogP contribution in [0.15, 0.2) is 223 Å². The summed E-state index contributed by atoms with van der Waals surface area (Å²) in [6, 6.07) is 77.9. The zero-order valence-electron chi connectivity index (χ0n) is 31.5. The van der Waals surface area contributed by atoms with Crippen molar-refractivity contribution in [3.63, 3.8) is 0 Å². The van der Waals surface area contributed by atoms with Gasteiger partial charge in [-0.2, -0.15) is 0 Å². The van der Waals surface area contributed by atoms with Gasteiger partial charge in [0.2, 0.25) is 0 Å². The van der Waals surface area contributed by atoms with Crippen LogP contribution in [0.4, 0.5) is 34.1 Å². The van der Waals surface area contributed by atoms with Crippen LogP contribution in [0.5, 0.6) is 0 Å². The Bertz CT molecular complexity index is 3210. The minimum absolute atomic E-state index is 0.843. The van der Waals surface area contributed by atoms with Gasteiger partial charge in [-0.05, 0) is 101 Å². The van der Waals surface area contributed by atoms with E-state index in [1.165, 1.54) is 42.4 Å². The summed E-state index contributed by atoms with van der Waals surface area (Å²) in [7, 11) is 0. The number of furan rings is 1. The summed E-state index contributed by atoms with van der Waals surface area (Å²) in [5, 5.41) is 4.70. The Kier molecular flexibility index (Phi) is 8.34. The van der Waals surface area contributed by atoms with Gasteiger partial charge in [0.25, 0.3) is 0 Å². The van der Waals surface area contributed by atoms with Gasteiger partial charge < -0.3 is 14.2 Å². The second-order valence-corrected chi connectivity index (χ2v) is 15.6. The maximum atomic E-state index is 6.83. The van der Waals surface area contributed by atoms with Crippen LogP contribution >= 0.6 is 11.3 Å². The average Bonchev–Trinajstić information content (AvgIpc) is 3.86. The summed E-state index contributed by atoms with van der Waals surface area (Å²) in [5.41, 5.74) is 12.9. The Morgan fingerprint density at radius 3 is 1.40 bits per heavy atom. The molecule has 0 bridgehead atoms. The van der Waals surface area contributed by atoms with Crippen LogP contribution in [0, 0.1) is 0 Å². The van der Waals surface area contributed by atoms with Crippen LogP contribution < -0.4 is 9.80 Å². The summed E-state index contributed by atoms with van der Waals surface area (Å²) in [6.45, 7) is 0. The zero-order chi connectivity index (χ0) is 38.4. The molecular formula is C54H36N2OS.